The zero-order valence-corrected chi connectivity index (χ0v) is 16.8. The zero-order valence-electron chi connectivity index (χ0n) is 15.8. The average molecular weight is 359 g/mol. The fraction of sp³-hybridized carbons (Fsp3) is 0.765. The minimum Gasteiger partial charge on any atom is -0.463 e. The molecular formula is C17H30O6Si. The van der Waals surface area contributed by atoms with Gasteiger partial charge in [0.05, 0.1) is 6.61 Å². The van der Waals surface area contributed by atoms with E-state index in [9.17, 15) is 9.59 Å². The summed E-state index contributed by atoms with van der Waals surface area (Å²) in [5.41, 5.74) is -0.999. The Bertz CT molecular complexity index is 494. The van der Waals surface area contributed by atoms with Gasteiger partial charge in [-0.2, -0.15) is 0 Å². The van der Waals surface area contributed by atoms with Crippen molar-refractivity contribution in [1.82, 2.24) is 0 Å². The average Bonchev–Trinajstić information content (AvgIpc) is 2.71. The summed E-state index contributed by atoms with van der Waals surface area (Å²) in [4.78, 5) is 23.0. The van der Waals surface area contributed by atoms with Gasteiger partial charge in [0.25, 0.3) is 0 Å². The smallest absolute Gasteiger partial charge is 0.463 e. The maximum Gasteiger partial charge on any atom is 0.509 e. The van der Waals surface area contributed by atoms with Crippen molar-refractivity contribution in [3.05, 3.63) is 12.2 Å². The standard InChI is InChI=1S/C17H30O6Si/c1-8-20-14(18)9-11-17(5)13(22-15(19)23-17)10-12-21-24(6,7)16(2,3)4/h9,11,13H,8,10,12H2,1-7H3/b11-9+/t13-,17-/m0/s1. The molecule has 7 heteroatoms. The highest BCUT2D eigenvalue weighted by Gasteiger charge is 2.46. The number of cyclic esters (lactones) is 2. The second-order valence-corrected chi connectivity index (χ2v) is 12.4. The van der Waals surface area contributed by atoms with E-state index in [1.54, 1.807) is 13.8 Å². The summed E-state index contributed by atoms with van der Waals surface area (Å²) in [6.45, 7) is 15.1. The molecule has 1 rings (SSSR count). The first-order valence-electron chi connectivity index (χ1n) is 8.31. The Morgan fingerprint density at radius 1 is 1.38 bits per heavy atom. The lowest BCUT2D eigenvalue weighted by Crippen LogP contribution is -2.42. The first-order valence-corrected chi connectivity index (χ1v) is 11.2. The highest BCUT2D eigenvalue weighted by molar-refractivity contribution is 6.74. The van der Waals surface area contributed by atoms with E-state index in [1.807, 2.05) is 0 Å². The van der Waals surface area contributed by atoms with E-state index in [0.29, 0.717) is 19.6 Å². The molecule has 0 amide bonds. The van der Waals surface area contributed by atoms with Crippen LogP contribution in [-0.4, -0.2) is 45.4 Å². The molecule has 0 saturated carbocycles. The quantitative estimate of drug-likeness (QED) is 0.391. The van der Waals surface area contributed by atoms with Crippen LogP contribution >= 0.6 is 0 Å². The van der Waals surface area contributed by atoms with E-state index in [0.717, 1.165) is 0 Å². The fourth-order valence-corrected chi connectivity index (χ4v) is 3.11. The molecule has 1 aliphatic heterocycles. The largest absolute Gasteiger partial charge is 0.509 e. The van der Waals surface area contributed by atoms with Crippen molar-refractivity contribution < 1.29 is 28.2 Å². The number of hydrogen-bond acceptors (Lipinski definition) is 6. The van der Waals surface area contributed by atoms with Crippen molar-refractivity contribution in [2.24, 2.45) is 0 Å². The van der Waals surface area contributed by atoms with Gasteiger partial charge in [0.15, 0.2) is 20.0 Å². The van der Waals surface area contributed by atoms with Crippen LogP contribution in [0.4, 0.5) is 4.79 Å². The molecule has 2 atom stereocenters. The van der Waals surface area contributed by atoms with Gasteiger partial charge in [0.1, 0.15) is 0 Å². The van der Waals surface area contributed by atoms with Crippen LogP contribution in [0.1, 0.15) is 41.0 Å². The summed E-state index contributed by atoms with van der Waals surface area (Å²) in [7, 11) is -1.86. The Morgan fingerprint density at radius 2 is 2.00 bits per heavy atom. The molecule has 0 aromatic rings. The van der Waals surface area contributed by atoms with Crippen LogP contribution in [0, 0.1) is 0 Å². The third-order valence-electron chi connectivity index (χ3n) is 4.67. The van der Waals surface area contributed by atoms with Crippen molar-refractivity contribution >= 4 is 20.4 Å². The topological polar surface area (TPSA) is 71.1 Å². The fourth-order valence-electron chi connectivity index (χ4n) is 2.05. The molecule has 0 unspecified atom stereocenters. The minimum absolute atomic E-state index is 0.114. The predicted molar refractivity (Wildman–Crippen MR) is 93.3 cm³/mol. The summed E-state index contributed by atoms with van der Waals surface area (Å²) in [6.07, 6.45) is 2.06. The zero-order chi connectivity index (χ0) is 18.6. The molecule has 6 nitrogen and oxygen atoms in total. The van der Waals surface area contributed by atoms with E-state index in [1.165, 1.54) is 12.2 Å². The van der Waals surface area contributed by atoms with E-state index in [-0.39, 0.29) is 5.04 Å². The number of hydrogen-bond donors (Lipinski definition) is 0. The molecule has 0 aromatic heterocycles. The van der Waals surface area contributed by atoms with E-state index >= 15 is 0 Å². The summed E-state index contributed by atoms with van der Waals surface area (Å²) in [5, 5.41) is 0.114. The van der Waals surface area contributed by atoms with Crippen molar-refractivity contribution in [3.8, 4) is 0 Å². The van der Waals surface area contributed by atoms with Gasteiger partial charge in [0, 0.05) is 19.1 Å². The Hall–Kier alpha value is -1.34. The summed E-state index contributed by atoms with van der Waals surface area (Å²) in [6, 6.07) is 0. The normalized spacial score (nSPS) is 24.8. The van der Waals surface area contributed by atoms with Crippen LogP contribution in [0.25, 0.3) is 0 Å². The van der Waals surface area contributed by atoms with Gasteiger partial charge in [-0.15, -0.1) is 0 Å². The van der Waals surface area contributed by atoms with Crippen molar-refractivity contribution in [2.45, 2.75) is 70.9 Å². The summed E-state index contributed by atoms with van der Waals surface area (Å²) >= 11 is 0. The van der Waals surface area contributed by atoms with Gasteiger partial charge in [-0.05, 0) is 38.1 Å². The molecule has 0 radical (unpaired) electrons. The van der Waals surface area contributed by atoms with E-state index in [4.69, 9.17) is 18.6 Å². The number of carbonyl (C=O) groups excluding carboxylic acids is 2. The SMILES string of the molecule is CCOC(=O)/C=C/[C@]1(C)OC(=O)O[C@H]1CCO[Si](C)(C)C(C)(C)C. The molecule has 1 heterocycles. The van der Waals surface area contributed by atoms with Gasteiger partial charge >= 0.3 is 12.1 Å². The summed E-state index contributed by atoms with van der Waals surface area (Å²) < 4.78 is 21.5. The van der Waals surface area contributed by atoms with E-state index < -0.39 is 32.1 Å². The molecule has 1 saturated heterocycles. The number of ether oxygens (including phenoxy) is 3. The second-order valence-electron chi connectivity index (χ2n) is 7.63. The van der Waals surface area contributed by atoms with Crippen LogP contribution in [0.5, 0.6) is 0 Å². The Morgan fingerprint density at radius 3 is 2.54 bits per heavy atom. The lowest BCUT2D eigenvalue weighted by atomic mass is 9.96. The van der Waals surface area contributed by atoms with Gasteiger partial charge < -0.3 is 18.6 Å². The molecule has 1 fully saturated rings. The first kappa shape index (κ1) is 20.7. The van der Waals surface area contributed by atoms with Gasteiger partial charge in [-0.25, -0.2) is 9.59 Å². The highest BCUT2D eigenvalue weighted by atomic mass is 28.4. The summed E-state index contributed by atoms with van der Waals surface area (Å²) in [5.74, 6) is -0.474. The molecule has 24 heavy (non-hydrogen) atoms. The lowest BCUT2D eigenvalue weighted by molar-refractivity contribution is -0.137. The Balaban J connectivity index is 2.68. The maximum absolute atomic E-state index is 11.5. The molecule has 1 aliphatic rings. The molecule has 0 bridgehead atoms. The van der Waals surface area contributed by atoms with Gasteiger partial charge in [-0.1, -0.05) is 20.8 Å². The number of esters is 1. The number of carbonyl (C=O) groups is 2. The van der Waals surface area contributed by atoms with Crippen LogP contribution in [-0.2, 0) is 23.4 Å². The van der Waals surface area contributed by atoms with Gasteiger partial charge in [-0.3, -0.25) is 0 Å². The third kappa shape index (κ3) is 5.34. The predicted octanol–water partition coefficient (Wildman–Crippen LogP) is 3.81. The highest BCUT2D eigenvalue weighted by Crippen LogP contribution is 2.37. The molecule has 0 spiro atoms. The van der Waals surface area contributed by atoms with Crippen LogP contribution in [0.15, 0.2) is 12.2 Å². The molecule has 138 valence electrons. The molecule has 0 aliphatic carbocycles. The van der Waals surface area contributed by atoms with Crippen molar-refractivity contribution in [2.75, 3.05) is 13.2 Å². The van der Waals surface area contributed by atoms with Gasteiger partial charge in [0.2, 0.25) is 0 Å². The van der Waals surface area contributed by atoms with E-state index in [2.05, 4.69) is 33.9 Å². The first-order chi connectivity index (χ1) is 10.9. The Kier molecular flexibility index (Phi) is 6.64. The van der Waals surface area contributed by atoms with Crippen molar-refractivity contribution in [1.29, 1.82) is 0 Å². The molecule has 0 N–H and O–H groups in total. The molecular weight excluding hydrogens is 328 g/mol. The van der Waals surface area contributed by atoms with Crippen LogP contribution in [0.3, 0.4) is 0 Å². The van der Waals surface area contributed by atoms with Crippen molar-refractivity contribution in [3.63, 3.8) is 0 Å². The second kappa shape index (κ2) is 7.69. The minimum atomic E-state index is -1.86. The van der Waals surface area contributed by atoms with Crippen LogP contribution in [0.2, 0.25) is 18.1 Å². The number of rotatable bonds is 7. The van der Waals surface area contributed by atoms with Crippen LogP contribution < -0.4 is 0 Å². The monoisotopic (exact) mass is 358 g/mol. The molecule has 0 aromatic carbocycles. The Labute approximate surface area is 145 Å². The lowest BCUT2D eigenvalue weighted by Gasteiger charge is -2.36. The third-order valence-corrected chi connectivity index (χ3v) is 9.21. The maximum atomic E-state index is 11.5.